The van der Waals surface area contributed by atoms with Gasteiger partial charge < -0.3 is 0 Å². The summed E-state index contributed by atoms with van der Waals surface area (Å²) in [6.45, 7) is 11.6. The first kappa shape index (κ1) is 46.4. The molecule has 0 amide bonds. The Morgan fingerprint density at radius 1 is 0.378 bits per heavy atom. The molecule has 0 radical (unpaired) electrons. The Morgan fingerprint density at radius 3 is 0.911 bits per heavy atom. The maximum atomic E-state index is 14.9. The zero-order valence-electron chi connectivity index (χ0n) is 32.1. The van der Waals surface area contributed by atoms with Gasteiger partial charge in [-0.1, -0.05) is 0 Å². The van der Waals surface area contributed by atoms with Crippen molar-refractivity contribution in [3.05, 3.63) is 0 Å². The summed E-state index contributed by atoms with van der Waals surface area (Å²) in [5.74, 6) is 0. The second kappa shape index (κ2) is 36.6. The molecule has 45 heavy (non-hydrogen) atoms. The fourth-order valence-electron chi connectivity index (χ4n) is 7.26. The van der Waals surface area contributed by atoms with E-state index in [1.54, 1.807) is 0 Å². The molecule has 4 heteroatoms. The monoisotopic (exact) mass is 850 g/mol. The summed E-state index contributed by atoms with van der Waals surface area (Å²) in [4.78, 5) is 0. The predicted octanol–water partition coefficient (Wildman–Crippen LogP) is 15.4. The van der Waals surface area contributed by atoms with Crippen LogP contribution in [0.25, 0.3) is 0 Å². The third-order valence-electron chi connectivity index (χ3n) is 10.5. The molecule has 0 heterocycles. The standard InChI is InChI=1S/C17H35O.3C8H17.O.2Sn/c1-3-5-7-9-11-13-15-17(18)16-14-12-10-8-6-4-2;3*1-3-5-7-8-6-4-2;;;/h17H,3-16H2,1-2H3;3*1,3-8H2,2H3;;;/q-1;;;;;;+1. The number of hydrogen-bond donors (Lipinski definition) is 0. The Labute approximate surface area is 294 Å². The van der Waals surface area contributed by atoms with Gasteiger partial charge in [0.1, 0.15) is 0 Å². The van der Waals surface area contributed by atoms with Gasteiger partial charge in [0.05, 0.1) is 0 Å². The van der Waals surface area contributed by atoms with Crippen LogP contribution in [-0.4, -0.2) is 36.7 Å². The molecule has 0 fully saturated rings. The van der Waals surface area contributed by atoms with Gasteiger partial charge in [-0.15, -0.1) is 0 Å². The van der Waals surface area contributed by atoms with E-state index in [0.29, 0.717) is 6.10 Å². The van der Waals surface area contributed by atoms with Crippen LogP contribution in [0.15, 0.2) is 0 Å². The minimum absolute atomic E-state index is 0.309. The van der Waals surface area contributed by atoms with Crippen molar-refractivity contribution in [2.45, 2.75) is 259 Å². The summed E-state index contributed by atoms with van der Waals surface area (Å²) in [6, 6.07) is 0. The van der Waals surface area contributed by atoms with Gasteiger partial charge in [0.2, 0.25) is 0 Å². The number of hydrogen-bond acceptors (Lipinski definition) is 2. The SMILES string of the molecule is CCCCCCCCC(CCCCCCCC)[O][Sn](=[O])[Sn]([CH2]CCCCCCC)([CH2]CCCCCCC)[CH2]CCCCCCC. The molecule has 0 atom stereocenters. The molecule has 0 aromatic heterocycles. The molecule has 0 unspecified atom stereocenters. The molecule has 270 valence electrons. The molecule has 0 aliphatic rings. The third-order valence-corrected chi connectivity index (χ3v) is 58.9. The van der Waals surface area contributed by atoms with Crippen LogP contribution in [0.3, 0.4) is 0 Å². The first-order chi connectivity index (χ1) is 22.1. The van der Waals surface area contributed by atoms with E-state index < -0.39 is 30.6 Å². The van der Waals surface area contributed by atoms with Crippen LogP contribution in [0.4, 0.5) is 0 Å². The van der Waals surface area contributed by atoms with Crippen molar-refractivity contribution in [1.29, 1.82) is 0 Å². The van der Waals surface area contributed by atoms with E-state index in [1.807, 2.05) is 0 Å². The molecule has 0 bridgehead atoms. The Hall–Kier alpha value is 1.36. The van der Waals surface area contributed by atoms with Gasteiger partial charge in [-0.05, 0) is 0 Å². The van der Waals surface area contributed by atoms with Crippen LogP contribution in [0, 0.1) is 0 Å². The average molecular weight is 849 g/mol. The van der Waals surface area contributed by atoms with E-state index in [2.05, 4.69) is 34.6 Å². The van der Waals surface area contributed by atoms with E-state index >= 15 is 0 Å². The molecule has 0 saturated carbocycles. The van der Waals surface area contributed by atoms with Crippen molar-refractivity contribution >= 4 is 30.6 Å². The molecule has 2 nitrogen and oxygen atoms in total. The van der Waals surface area contributed by atoms with Gasteiger partial charge in [-0.25, -0.2) is 0 Å². The zero-order chi connectivity index (χ0) is 33.1. The second-order valence-corrected chi connectivity index (χ2v) is 57.0. The van der Waals surface area contributed by atoms with Crippen molar-refractivity contribution in [2.24, 2.45) is 0 Å². The van der Waals surface area contributed by atoms with E-state index in [1.165, 1.54) is 219 Å². The Kier molecular flexibility index (Phi) is 37.7. The van der Waals surface area contributed by atoms with Crippen molar-refractivity contribution in [3.63, 3.8) is 0 Å². The molecule has 0 rings (SSSR count). The minimum atomic E-state index is -3.11. The van der Waals surface area contributed by atoms with Crippen LogP contribution in [0.5, 0.6) is 0 Å². The molecule has 0 aromatic rings. The van der Waals surface area contributed by atoms with Gasteiger partial charge in [0, 0.05) is 0 Å². The Bertz CT molecular complexity index is 539. The third kappa shape index (κ3) is 28.9. The van der Waals surface area contributed by atoms with Crippen molar-refractivity contribution < 1.29 is 6.15 Å². The fraction of sp³-hybridized carbons (Fsp3) is 1.00. The van der Waals surface area contributed by atoms with Crippen molar-refractivity contribution in [2.75, 3.05) is 0 Å². The molecular weight excluding hydrogens is 762 g/mol. The summed E-state index contributed by atoms with van der Waals surface area (Å²) in [6.07, 6.45) is 43.5. The first-order valence-corrected chi connectivity index (χ1v) is 40.7. The van der Waals surface area contributed by atoms with E-state index in [4.69, 9.17) is 3.07 Å². The normalized spacial score (nSPS) is 12.0. The van der Waals surface area contributed by atoms with Gasteiger partial charge in [0.25, 0.3) is 0 Å². The molecule has 0 spiro atoms. The topological polar surface area (TPSA) is 26.3 Å². The van der Waals surface area contributed by atoms with Crippen LogP contribution in [0.2, 0.25) is 13.3 Å². The number of unbranched alkanes of at least 4 members (excludes halogenated alkanes) is 25. The molecule has 0 N–H and O–H groups in total. The predicted molar refractivity (Wildman–Crippen MR) is 208 cm³/mol. The van der Waals surface area contributed by atoms with E-state index in [-0.39, 0.29) is 0 Å². The van der Waals surface area contributed by atoms with Crippen LogP contribution >= 0.6 is 0 Å². The van der Waals surface area contributed by atoms with E-state index in [9.17, 15) is 3.08 Å². The molecule has 0 saturated heterocycles. The van der Waals surface area contributed by atoms with Crippen LogP contribution in [-0.2, 0) is 6.15 Å². The molecule has 0 aliphatic heterocycles. The van der Waals surface area contributed by atoms with E-state index in [0.717, 1.165) is 0 Å². The zero-order valence-corrected chi connectivity index (χ0v) is 37.9. The Balaban J connectivity index is 5.60. The fourth-order valence-corrected chi connectivity index (χ4v) is 51.2. The number of rotatable bonds is 38. The summed E-state index contributed by atoms with van der Waals surface area (Å²) in [5, 5.41) is 0. The van der Waals surface area contributed by atoms with Crippen molar-refractivity contribution in [3.8, 4) is 0 Å². The first-order valence-electron chi connectivity index (χ1n) is 21.3. The maximum absolute atomic E-state index is 14.9. The van der Waals surface area contributed by atoms with Crippen LogP contribution < -0.4 is 0 Å². The van der Waals surface area contributed by atoms with Gasteiger partial charge in [-0.3, -0.25) is 0 Å². The second-order valence-electron chi connectivity index (χ2n) is 15.0. The molecular formula is C41H86O2Sn2. The van der Waals surface area contributed by atoms with Gasteiger partial charge >= 0.3 is 296 Å². The molecule has 0 aromatic carbocycles. The summed E-state index contributed by atoms with van der Waals surface area (Å²) in [7, 11) is 0. The van der Waals surface area contributed by atoms with Crippen LogP contribution in [0.1, 0.15) is 240 Å². The summed E-state index contributed by atoms with van der Waals surface area (Å²) in [5.41, 5.74) is 0. The van der Waals surface area contributed by atoms with Crippen molar-refractivity contribution in [1.82, 2.24) is 0 Å². The van der Waals surface area contributed by atoms with Gasteiger partial charge in [-0.2, -0.15) is 0 Å². The Morgan fingerprint density at radius 2 is 0.622 bits per heavy atom. The summed E-state index contributed by atoms with van der Waals surface area (Å²) < 4.78 is 26.1. The summed E-state index contributed by atoms with van der Waals surface area (Å²) >= 11 is -5.97. The quantitative estimate of drug-likeness (QED) is 0.0457. The average Bonchev–Trinajstić information content (AvgIpc) is 3.04. The van der Waals surface area contributed by atoms with Gasteiger partial charge in [0.15, 0.2) is 0 Å². The molecule has 0 aliphatic carbocycles.